The third-order valence-corrected chi connectivity index (χ3v) is 3.48. The van der Waals surface area contributed by atoms with Crippen molar-refractivity contribution in [1.82, 2.24) is 0 Å². The molecule has 1 N–H and O–H groups in total. The largest absolute Gasteiger partial charge is 0.467 e. The van der Waals surface area contributed by atoms with Gasteiger partial charge in [-0.2, -0.15) is 5.26 Å². The van der Waals surface area contributed by atoms with Crippen LogP contribution in [0.4, 0.5) is 11.4 Å². The van der Waals surface area contributed by atoms with Gasteiger partial charge in [-0.25, -0.2) is 4.79 Å². The third kappa shape index (κ3) is 4.01. The van der Waals surface area contributed by atoms with E-state index < -0.39 is 6.04 Å². The maximum absolute atomic E-state index is 12.2. The fourth-order valence-corrected chi connectivity index (χ4v) is 2.19. The second-order valence-corrected chi connectivity index (χ2v) is 5.28. The van der Waals surface area contributed by atoms with Gasteiger partial charge in [0.1, 0.15) is 0 Å². The van der Waals surface area contributed by atoms with Crippen LogP contribution in [0.1, 0.15) is 17.2 Å². The van der Waals surface area contributed by atoms with Gasteiger partial charge in [-0.3, -0.25) is 0 Å². The van der Waals surface area contributed by atoms with Gasteiger partial charge in [0.25, 0.3) is 0 Å². The molecule has 0 saturated carbocycles. The Morgan fingerprint density at radius 1 is 1.22 bits per heavy atom. The maximum atomic E-state index is 12.2. The van der Waals surface area contributed by atoms with E-state index >= 15 is 0 Å². The van der Waals surface area contributed by atoms with Crippen LogP contribution in [0.3, 0.4) is 0 Å². The van der Waals surface area contributed by atoms with Gasteiger partial charge in [-0.1, -0.05) is 12.1 Å². The minimum Gasteiger partial charge on any atom is -0.467 e. The van der Waals surface area contributed by atoms with Gasteiger partial charge >= 0.3 is 5.97 Å². The number of anilines is 2. The average molecular weight is 309 g/mol. The SMILES string of the molecule is COC(=O)C(Nc1ccc(C#N)cc1)c1cccc(N(C)C)c1. The summed E-state index contributed by atoms with van der Waals surface area (Å²) in [6.45, 7) is 0. The molecule has 2 aromatic rings. The molecule has 5 heteroatoms. The molecule has 23 heavy (non-hydrogen) atoms. The van der Waals surface area contributed by atoms with Crippen LogP contribution in [-0.4, -0.2) is 27.2 Å². The van der Waals surface area contributed by atoms with E-state index in [1.807, 2.05) is 43.3 Å². The monoisotopic (exact) mass is 309 g/mol. The number of hydrogen-bond acceptors (Lipinski definition) is 5. The van der Waals surface area contributed by atoms with Gasteiger partial charge in [-0.15, -0.1) is 0 Å². The zero-order chi connectivity index (χ0) is 16.8. The summed E-state index contributed by atoms with van der Waals surface area (Å²) in [5.41, 5.74) is 3.12. The third-order valence-electron chi connectivity index (χ3n) is 3.48. The van der Waals surface area contributed by atoms with E-state index in [0.29, 0.717) is 5.56 Å². The molecule has 2 rings (SSSR count). The molecule has 0 fully saturated rings. The zero-order valence-corrected chi connectivity index (χ0v) is 13.4. The Morgan fingerprint density at radius 3 is 2.48 bits per heavy atom. The molecule has 0 aromatic heterocycles. The van der Waals surface area contributed by atoms with Crippen molar-refractivity contribution >= 4 is 17.3 Å². The number of nitriles is 1. The van der Waals surface area contributed by atoms with Crippen LogP contribution in [0, 0.1) is 11.3 Å². The first kappa shape index (κ1) is 16.4. The Labute approximate surface area is 136 Å². The number of esters is 1. The fourth-order valence-electron chi connectivity index (χ4n) is 2.19. The van der Waals surface area contributed by atoms with E-state index in [1.54, 1.807) is 24.3 Å². The van der Waals surface area contributed by atoms with Gasteiger partial charge < -0.3 is 15.0 Å². The summed E-state index contributed by atoms with van der Waals surface area (Å²) in [4.78, 5) is 14.1. The number of carbonyl (C=O) groups is 1. The lowest BCUT2D eigenvalue weighted by Crippen LogP contribution is -2.22. The molecule has 0 aliphatic rings. The highest BCUT2D eigenvalue weighted by atomic mass is 16.5. The van der Waals surface area contributed by atoms with E-state index in [9.17, 15) is 4.79 Å². The summed E-state index contributed by atoms with van der Waals surface area (Å²) in [7, 11) is 5.26. The fraction of sp³-hybridized carbons (Fsp3) is 0.222. The summed E-state index contributed by atoms with van der Waals surface area (Å²) in [5, 5.41) is 12.0. The maximum Gasteiger partial charge on any atom is 0.332 e. The van der Waals surface area contributed by atoms with Crippen molar-refractivity contribution in [3.8, 4) is 6.07 Å². The van der Waals surface area contributed by atoms with Gasteiger partial charge in [0.15, 0.2) is 6.04 Å². The Hall–Kier alpha value is -3.00. The predicted octanol–water partition coefficient (Wildman–Crippen LogP) is 2.95. The van der Waals surface area contributed by atoms with E-state index in [0.717, 1.165) is 16.9 Å². The summed E-state index contributed by atoms with van der Waals surface area (Å²) >= 11 is 0. The van der Waals surface area contributed by atoms with Crippen molar-refractivity contribution in [2.75, 3.05) is 31.4 Å². The lowest BCUT2D eigenvalue weighted by atomic mass is 10.1. The number of benzene rings is 2. The van der Waals surface area contributed by atoms with E-state index in [1.165, 1.54) is 7.11 Å². The van der Waals surface area contributed by atoms with E-state index in [4.69, 9.17) is 10.00 Å². The van der Waals surface area contributed by atoms with Gasteiger partial charge in [-0.05, 0) is 42.0 Å². The van der Waals surface area contributed by atoms with Gasteiger partial charge in [0, 0.05) is 25.5 Å². The summed E-state index contributed by atoms with van der Waals surface area (Å²) in [6, 6.07) is 16.1. The first-order valence-electron chi connectivity index (χ1n) is 7.17. The minimum atomic E-state index is -0.618. The highest BCUT2D eigenvalue weighted by Gasteiger charge is 2.21. The minimum absolute atomic E-state index is 0.370. The van der Waals surface area contributed by atoms with E-state index in [-0.39, 0.29) is 5.97 Å². The number of ether oxygens (including phenoxy) is 1. The van der Waals surface area contributed by atoms with Crippen molar-refractivity contribution in [3.05, 3.63) is 59.7 Å². The number of hydrogen-bond donors (Lipinski definition) is 1. The van der Waals surface area contributed by atoms with Crippen LogP contribution in [0.15, 0.2) is 48.5 Å². The quantitative estimate of drug-likeness (QED) is 0.860. The van der Waals surface area contributed by atoms with Crippen molar-refractivity contribution < 1.29 is 9.53 Å². The first-order valence-corrected chi connectivity index (χ1v) is 7.17. The Bertz CT molecular complexity index is 718. The number of rotatable bonds is 5. The zero-order valence-electron chi connectivity index (χ0n) is 13.4. The van der Waals surface area contributed by atoms with Crippen LogP contribution >= 0.6 is 0 Å². The lowest BCUT2D eigenvalue weighted by Gasteiger charge is -2.20. The van der Waals surface area contributed by atoms with Crippen LogP contribution in [0.5, 0.6) is 0 Å². The summed E-state index contributed by atoms with van der Waals surface area (Å²) in [6.07, 6.45) is 0. The molecule has 2 aromatic carbocycles. The molecule has 0 aliphatic heterocycles. The van der Waals surface area contributed by atoms with Gasteiger partial charge in [0.2, 0.25) is 0 Å². The molecule has 0 heterocycles. The van der Waals surface area contributed by atoms with Crippen molar-refractivity contribution in [2.24, 2.45) is 0 Å². The normalized spacial score (nSPS) is 11.2. The molecule has 0 aliphatic carbocycles. The average Bonchev–Trinajstić information content (AvgIpc) is 2.59. The molecular formula is C18H19N3O2. The summed E-state index contributed by atoms with van der Waals surface area (Å²) < 4.78 is 4.92. The molecule has 1 atom stereocenters. The molecule has 0 amide bonds. The topological polar surface area (TPSA) is 65.4 Å². The molecule has 0 bridgehead atoms. The molecule has 1 unspecified atom stereocenters. The smallest absolute Gasteiger partial charge is 0.332 e. The van der Waals surface area contributed by atoms with Crippen molar-refractivity contribution in [2.45, 2.75) is 6.04 Å². The van der Waals surface area contributed by atoms with Crippen molar-refractivity contribution in [1.29, 1.82) is 5.26 Å². The number of methoxy groups -OCH3 is 1. The van der Waals surface area contributed by atoms with Crippen LogP contribution in [-0.2, 0) is 9.53 Å². The molecule has 118 valence electrons. The Balaban J connectivity index is 2.31. The number of nitrogens with zero attached hydrogens (tertiary/aromatic N) is 2. The Kier molecular flexibility index (Phi) is 5.21. The molecule has 5 nitrogen and oxygen atoms in total. The Morgan fingerprint density at radius 2 is 1.91 bits per heavy atom. The first-order chi connectivity index (χ1) is 11.0. The lowest BCUT2D eigenvalue weighted by molar-refractivity contribution is -0.141. The second kappa shape index (κ2) is 7.32. The predicted molar refractivity (Wildman–Crippen MR) is 90.3 cm³/mol. The highest BCUT2D eigenvalue weighted by molar-refractivity contribution is 5.81. The van der Waals surface area contributed by atoms with Crippen LogP contribution in [0.25, 0.3) is 0 Å². The van der Waals surface area contributed by atoms with Crippen LogP contribution in [0.2, 0.25) is 0 Å². The van der Waals surface area contributed by atoms with Crippen LogP contribution < -0.4 is 10.2 Å². The van der Waals surface area contributed by atoms with E-state index in [2.05, 4.69) is 11.4 Å². The molecule has 0 spiro atoms. The standard InChI is InChI=1S/C18H19N3O2/c1-21(2)16-6-4-5-14(11-16)17(18(22)23-3)20-15-9-7-13(12-19)8-10-15/h4-11,17,20H,1-3H3. The molecule has 0 radical (unpaired) electrons. The highest BCUT2D eigenvalue weighted by Crippen LogP contribution is 2.24. The molecular weight excluding hydrogens is 290 g/mol. The van der Waals surface area contributed by atoms with Gasteiger partial charge in [0.05, 0.1) is 18.7 Å². The number of carbonyl (C=O) groups excluding carboxylic acids is 1. The molecule has 0 saturated heterocycles. The number of nitrogens with one attached hydrogen (secondary N) is 1. The van der Waals surface area contributed by atoms with Crippen molar-refractivity contribution in [3.63, 3.8) is 0 Å². The summed E-state index contributed by atoms with van der Waals surface area (Å²) in [5.74, 6) is -0.370. The second-order valence-electron chi connectivity index (χ2n) is 5.28.